The molecule has 1 aromatic heterocycles. The summed E-state index contributed by atoms with van der Waals surface area (Å²) >= 11 is 3.46. The van der Waals surface area contributed by atoms with Gasteiger partial charge in [0.2, 0.25) is 0 Å². The highest BCUT2D eigenvalue weighted by Gasteiger charge is 2.20. The fraction of sp³-hybridized carbons (Fsp3) is 0.636. The zero-order chi connectivity index (χ0) is 14.3. The number of hydrazine groups is 1. The molecule has 0 aliphatic carbocycles. The van der Waals surface area contributed by atoms with E-state index in [2.05, 4.69) is 43.1 Å². The lowest BCUT2D eigenvalue weighted by atomic mass is 10.3. The number of halogens is 1. The fourth-order valence-electron chi connectivity index (χ4n) is 1.72. The van der Waals surface area contributed by atoms with Crippen molar-refractivity contribution in [2.45, 2.75) is 13.0 Å². The van der Waals surface area contributed by atoms with Crippen molar-refractivity contribution < 1.29 is 9.47 Å². The molecule has 7 nitrogen and oxygen atoms in total. The minimum absolute atomic E-state index is 0.150. The normalized spacial score (nSPS) is 12.3. The highest BCUT2D eigenvalue weighted by atomic mass is 79.9. The summed E-state index contributed by atoms with van der Waals surface area (Å²) in [6.45, 7) is 3.94. The minimum Gasteiger partial charge on any atom is -0.383 e. The zero-order valence-corrected chi connectivity index (χ0v) is 13.0. The number of hydrogen-bond acceptors (Lipinski definition) is 7. The van der Waals surface area contributed by atoms with E-state index in [0.29, 0.717) is 25.6 Å². The molecule has 108 valence electrons. The van der Waals surface area contributed by atoms with Crippen molar-refractivity contribution in [2.75, 3.05) is 44.3 Å². The number of anilines is 2. The van der Waals surface area contributed by atoms with Crippen molar-refractivity contribution in [3.8, 4) is 0 Å². The zero-order valence-electron chi connectivity index (χ0n) is 11.4. The molecule has 0 aromatic carbocycles. The molecule has 1 aromatic rings. The standard InChI is InChI=1S/C11H20BrN5O2/c1-8(6-19-3)17(4-5-18-2)11-9(12)10(16-13)14-7-15-11/h7-8H,4-6,13H2,1-3H3,(H,14,15,16). The van der Waals surface area contributed by atoms with Crippen LogP contribution in [0.2, 0.25) is 0 Å². The Morgan fingerprint density at radius 1 is 1.42 bits per heavy atom. The quantitative estimate of drug-likeness (QED) is 0.542. The van der Waals surface area contributed by atoms with Gasteiger partial charge in [0.05, 0.1) is 19.3 Å². The van der Waals surface area contributed by atoms with Crippen molar-refractivity contribution in [3.05, 3.63) is 10.8 Å². The van der Waals surface area contributed by atoms with E-state index >= 15 is 0 Å². The second-order valence-corrected chi connectivity index (χ2v) is 4.79. The Bertz CT molecular complexity index is 393. The molecule has 1 unspecified atom stereocenters. The van der Waals surface area contributed by atoms with E-state index in [-0.39, 0.29) is 6.04 Å². The summed E-state index contributed by atoms with van der Waals surface area (Å²) in [4.78, 5) is 10.4. The van der Waals surface area contributed by atoms with Gasteiger partial charge in [-0.1, -0.05) is 0 Å². The molecule has 0 saturated carbocycles. The van der Waals surface area contributed by atoms with Gasteiger partial charge in [0.1, 0.15) is 16.6 Å². The highest BCUT2D eigenvalue weighted by Crippen LogP contribution is 2.29. The fourth-order valence-corrected chi connectivity index (χ4v) is 2.26. The Labute approximate surface area is 121 Å². The molecule has 0 amide bonds. The predicted octanol–water partition coefficient (Wildman–Crippen LogP) is 1.01. The van der Waals surface area contributed by atoms with Gasteiger partial charge in [0.25, 0.3) is 0 Å². The van der Waals surface area contributed by atoms with Gasteiger partial charge in [-0.05, 0) is 22.9 Å². The van der Waals surface area contributed by atoms with Crippen molar-refractivity contribution in [2.24, 2.45) is 5.84 Å². The number of nitrogen functional groups attached to an aromatic ring is 1. The topological polar surface area (TPSA) is 85.5 Å². The van der Waals surface area contributed by atoms with E-state index in [9.17, 15) is 0 Å². The second-order valence-electron chi connectivity index (χ2n) is 3.99. The summed E-state index contributed by atoms with van der Waals surface area (Å²) < 4.78 is 11.1. The Kier molecular flexibility index (Phi) is 7.00. The number of aromatic nitrogens is 2. The monoisotopic (exact) mass is 333 g/mol. The minimum atomic E-state index is 0.150. The average Bonchev–Trinajstić information content (AvgIpc) is 2.41. The van der Waals surface area contributed by atoms with Gasteiger partial charge in [-0.15, -0.1) is 0 Å². The van der Waals surface area contributed by atoms with Crippen LogP contribution in [0, 0.1) is 0 Å². The first kappa shape index (κ1) is 16.1. The molecule has 0 bridgehead atoms. The van der Waals surface area contributed by atoms with Crippen LogP contribution < -0.4 is 16.2 Å². The number of nitrogens with one attached hydrogen (secondary N) is 1. The van der Waals surface area contributed by atoms with Crippen LogP contribution in [0.3, 0.4) is 0 Å². The van der Waals surface area contributed by atoms with E-state index in [1.165, 1.54) is 6.33 Å². The van der Waals surface area contributed by atoms with Crippen LogP contribution >= 0.6 is 15.9 Å². The van der Waals surface area contributed by atoms with Gasteiger partial charge >= 0.3 is 0 Å². The summed E-state index contributed by atoms with van der Waals surface area (Å²) in [7, 11) is 3.34. The van der Waals surface area contributed by atoms with E-state index in [4.69, 9.17) is 15.3 Å². The summed E-state index contributed by atoms with van der Waals surface area (Å²) in [5, 5.41) is 0. The maximum absolute atomic E-state index is 5.42. The SMILES string of the molecule is COCCN(c1ncnc(NN)c1Br)C(C)COC. The molecule has 3 N–H and O–H groups in total. The maximum Gasteiger partial charge on any atom is 0.159 e. The van der Waals surface area contributed by atoms with Crippen LogP contribution in [0.4, 0.5) is 11.6 Å². The van der Waals surface area contributed by atoms with Gasteiger partial charge in [-0.3, -0.25) is 0 Å². The number of nitrogens with zero attached hydrogens (tertiary/aromatic N) is 3. The largest absolute Gasteiger partial charge is 0.383 e. The summed E-state index contributed by atoms with van der Waals surface area (Å²) in [6, 6.07) is 0.150. The molecule has 19 heavy (non-hydrogen) atoms. The van der Waals surface area contributed by atoms with Gasteiger partial charge in [-0.2, -0.15) is 0 Å². The maximum atomic E-state index is 5.42. The number of ether oxygens (including phenoxy) is 2. The molecular formula is C11H20BrN5O2. The molecule has 0 aliphatic heterocycles. The smallest absolute Gasteiger partial charge is 0.159 e. The van der Waals surface area contributed by atoms with Crippen LogP contribution in [0.15, 0.2) is 10.8 Å². The third-order valence-corrected chi connectivity index (χ3v) is 3.39. The van der Waals surface area contributed by atoms with Crippen LogP contribution in [-0.4, -0.2) is 50.0 Å². The average molecular weight is 334 g/mol. The Balaban J connectivity index is 3.02. The van der Waals surface area contributed by atoms with Crippen LogP contribution in [0.25, 0.3) is 0 Å². The van der Waals surface area contributed by atoms with Crippen molar-refractivity contribution in [1.29, 1.82) is 0 Å². The molecule has 1 heterocycles. The van der Waals surface area contributed by atoms with Crippen molar-refractivity contribution >= 4 is 27.6 Å². The molecule has 1 atom stereocenters. The second kappa shape index (κ2) is 8.26. The molecule has 0 spiro atoms. The molecule has 0 radical (unpaired) electrons. The molecule has 1 rings (SSSR count). The third-order valence-electron chi connectivity index (χ3n) is 2.66. The Morgan fingerprint density at radius 2 is 2.16 bits per heavy atom. The molecular weight excluding hydrogens is 314 g/mol. The molecule has 0 saturated heterocycles. The lowest BCUT2D eigenvalue weighted by molar-refractivity contribution is 0.170. The van der Waals surface area contributed by atoms with Crippen molar-refractivity contribution in [3.63, 3.8) is 0 Å². The number of nitrogens with two attached hydrogens (primary N) is 1. The Morgan fingerprint density at radius 3 is 2.74 bits per heavy atom. The predicted molar refractivity (Wildman–Crippen MR) is 78.1 cm³/mol. The first-order chi connectivity index (χ1) is 9.15. The van der Waals surface area contributed by atoms with Crippen LogP contribution in [-0.2, 0) is 9.47 Å². The van der Waals surface area contributed by atoms with Crippen molar-refractivity contribution in [1.82, 2.24) is 9.97 Å². The summed E-state index contributed by atoms with van der Waals surface area (Å²) in [5.41, 5.74) is 2.53. The van der Waals surface area contributed by atoms with Gasteiger partial charge in [0.15, 0.2) is 5.82 Å². The molecule has 8 heteroatoms. The summed E-state index contributed by atoms with van der Waals surface area (Å²) in [5.74, 6) is 6.71. The van der Waals surface area contributed by atoms with Gasteiger partial charge < -0.3 is 19.8 Å². The first-order valence-corrected chi connectivity index (χ1v) is 6.66. The first-order valence-electron chi connectivity index (χ1n) is 5.87. The van der Waals surface area contributed by atoms with Gasteiger partial charge in [0, 0.05) is 20.8 Å². The van der Waals surface area contributed by atoms with E-state index in [0.717, 1.165) is 10.3 Å². The van der Waals surface area contributed by atoms with Crippen LogP contribution in [0.1, 0.15) is 6.92 Å². The van der Waals surface area contributed by atoms with E-state index < -0.39 is 0 Å². The number of hydrogen-bond donors (Lipinski definition) is 2. The Hall–Kier alpha value is -0.960. The number of rotatable bonds is 8. The third kappa shape index (κ3) is 4.27. The van der Waals surface area contributed by atoms with E-state index in [1.807, 2.05) is 0 Å². The lowest BCUT2D eigenvalue weighted by Gasteiger charge is -2.30. The molecule has 0 aliphatic rings. The van der Waals surface area contributed by atoms with E-state index in [1.54, 1.807) is 14.2 Å². The van der Waals surface area contributed by atoms with Gasteiger partial charge in [-0.25, -0.2) is 15.8 Å². The van der Waals surface area contributed by atoms with Crippen LogP contribution in [0.5, 0.6) is 0 Å². The highest BCUT2D eigenvalue weighted by molar-refractivity contribution is 9.10. The number of methoxy groups -OCH3 is 2. The lowest BCUT2D eigenvalue weighted by Crippen LogP contribution is -2.39. The summed E-state index contributed by atoms with van der Waals surface area (Å²) in [6.07, 6.45) is 1.47. The molecule has 0 fully saturated rings.